The summed E-state index contributed by atoms with van der Waals surface area (Å²) in [5, 5.41) is 0. The van der Waals surface area contributed by atoms with Gasteiger partial charge in [0.2, 0.25) is 0 Å². The molecule has 1 aliphatic heterocycles. The lowest BCUT2D eigenvalue weighted by atomic mass is 9.91. The Morgan fingerprint density at radius 2 is 1.95 bits per heavy atom. The van der Waals surface area contributed by atoms with Crippen molar-refractivity contribution in [2.24, 2.45) is 0 Å². The van der Waals surface area contributed by atoms with Crippen molar-refractivity contribution in [3.05, 3.63) is 29.8 Å². The van der Waals surface area contributed by atoms with Crippen LogP contribution in [0.4, 0.5) is 5.69 Å². The fraction of sp³-hybridized carbons (Fsp3) is 0.647. The van der Waals surface area contributed by atoms with Gasteiger partial charge in [0.05, 0.1) is 11.2 Å². The Balaban J connectivity index is 2.21. The first-order valence-corrected chi connectivity index (χ1v) is 7.40. The predicted molar refractivity (Wildman–Crippen MR) is 84.7 cm³/mol. The van der Waals surface area contributed by atoms with Gasteiger partial charge in [-0.05, 0) is 65.8 Å². The summed E-state index contributed by atoms with van der Waals surface area (Å²) in [6, 6.07) is 8.88. The topological polar surface area (TPSA) is 38.5 Å². The Bertz CT molecular complexity index is 482. The quantitative estimate of drug-likeness (QED) is 0.857. The van der Waals surface area contributed by atoms with Crippen molar-refractivity contribution in [3.63, 3.8) is 0 Å². The van der Waals surface area contributed by atoms with Gasteiger partial charge in [0.1, 0.15) is 0 Å². The highest BCUT2D eigenvalue weighted by atomic mass is 16.5. The lowest BCUT2D eigenvalue weighted by Crippen LogP contribution is -2.45. The third kappa shape index (κ3) is 2.99. The Hall–Kier alpha value is -1.06. The van der Waals surface area contributed by atoms with E-state index >= 15 is 0 Å². The van der Waals surface area contributed by atoms with Crippen LogP contribution < -0.4 is 5.73 Å². The summed E-state index contributed by atoms with van der Waals surface area (Å²) in [5.74, 6) is 0. The van der Waals surface area contributed by atoms with Crippen LogP contribution in [0.25, 0.3) is 0 Å². The maximum absolute atomic E-state index is 6.21. The van der Waals surface area contributed by atoms with Crippen LogP contribution in [0.5, 0.6) is 0 Å². The van der Waals surface area contributed by atoms with Gasteiger partial charge in [0.15, 0.2) is 0 Å². The molecule has 1 aliphatic rings. The van der Waals surface area contributed by atoms with Crippen molar-refractivity contribution in [3.8, 4) is 0 Å². The van der Waals surface area contributed by atoms with Gasteiger partial charge in [-0.2, -0.15) is 0 Å². The van der Waals surface area contributed by atoms with E-state index in [9.17, 15) is 0 Å². The minimum absolute atomic E-state index is 0.0577. The zero-order valence-corrected chi connectivity index (χ0v) is 13.6. The molecule has 1 fully saturated rings. The Kier molecular flexibility index (Phi) is 3.87. The van der Waals surface area contributed by atoms with Crippen LogP contribution in [0, 0.1) is 0 Å². The summed E-state index contributed by atoms with van der Waals surface area (Å²) in [7, 11) is 2.19. The summed E-state index contributed by atoms with van der Waals surface area (Å²) in [5.41, 5.74) is 7.79. The smallest absolute Gasteiger partial charge is 0.0789 e. The second-order valence-electron chi connectivity index (χ2n) is 7.20. The SMILES string of the molecule is CC(c1cccc(N)c1)N(C)C1CC(C)(C)OC1(C)C. The molecule has 1 aromatic rings. The van der Waals surface area contributed by atoms with Gasteiger partial charge < -0.3 is 10.5 Å². The van der Waals surface area contributed by atoms with E-state index in [0.717, 1.165) is 12.1 Å². The molecule has 0 bridgehead atoms. The van der Waals surface area contributed by atoms with Crippen molar-refractivity contribution in [1.82, 2.24) is 4.90 Å². The van der Waals surface area contributed by atoms with Gasteiger partial charge in [-0.15, -0.1) is 0 Å². The molecule has 2 rings (SSSR count). The molecule has 0 aromatic heterocycles. The van der Waals surface area contributed by atoms with E-state index in [-0.39, 0.29) is 11.2 Å². The lowest BCUT2D eigenvalue weighted by molar-refractivity contribution is -0.0812. The molecule has 0 spiro atoms. The van der Waals surface area contributed by atoms with Crippen LogP contribution in [0.1, 0.15) is 52.6 Å². The van der Waals surface area contributed by atoms with E-state index in [1.165, 1.54) is 5.56 Å². The monoisotopic (exact) mass is 276 g/mol. The van der Waals surface area contributed by atoms with Crippen LogP contribution in [0.2, 0.25) is 0 Å². The minimum atomic E-state index is -0.132. The minimum Gasteiger partial charge on any atom is -0.399 e. The highest BCUT2D eigenvalue weighted by Crippen LogP contribution is 2.42. The summed E-state index contributed by atoms with van der Waals surface area (Å²) in [4.78, 5) is 2.42. The van der Waals surface area contributed by atoms with E-state index in [0.29, 0.717) is 12.1 Å². The molecular formula is C17H28N2O. The van der Waals surface area contributed by atoms with Gasteiger partial charge in [0.25, 0.3) is 0 Å². The third-order valence-corrected chi connectivity index (χ3v) is 4.52. The first-order valence-electron chi connectivity index (χ1n) is 7.40. The maximum Gasteiger partial charge on any atom is 0.0789 e. The molecule has 3 heteroatoms. The average molecular weight is 276 g/mol. The molecule has 1 heterocycles. The second kappa shape index (κ2) is 5.05. The van der Waals surface area contributed by atoms with Crippen LogP contribution in [-0.4, -0.2) is 29.2 Å². The highest BCUT2D eigenvalue weighted by molar-refractivity contribution is 5.41. The fourth-order valence-corrected chi connectivity index (χ4v) is 3.49. The number of nitrogens with two attached hydrogens (primary N) is 1. The van der Waals surface area contributed by atoms with Crippen LogP contribution in [0.3, 0.4) is 0 Å². The maximum atomic E-state index is 6.21. The molecule has 112 valence electrons. The normalized spacial score (nSPS) is 25.9. The molecule has 20 heavy (non-hydrogen) atoms. The van der Waals surface area contributed by atoms with E-state index in [1.54, 1.807) is 0 Å². The molecule has 2 atom stereocenters. The zero-order chi connectivity index (χ0) is 15.1. The number of ether oxygens (including phenoxy) is 1. The highest BCUT2D eigenvalue weighted by Gasteiger charge is 2.48. The molecule has 0 radical (unpaired) electrons. The summed E-state index contributed by atoms with van der Waals surface area (Å²) in [6.07, 6.45) is 1.04. The van der Waals surface area contributed by atoms with Gasteiger partial charge in [0, 0.05) is 17.8 Å². The van der Waals surface area contributed by atoms with E-state index in [1.807, 2.05) is 12.1 Å². The molecule has 2 unspecified atom stereocenters. The molecule has 2 N–H and O–H groups in total. The summed E-state index contributed by atoms with van der Waals surface area (Å²) < 4.78 is 6.21. The lowest BCUT2D eigenvalue weighted by Gasteiger charge is -2.37. The second-order valence-corrected chi connectivity index (χ2v) is 7.20. The Morgan fingerprint density at radius 1 is 1.30 bits per heavy atom. The standard InChI is InChI=1S/C17H28N2O/c1-12(13-8-7-9-14(18)10-13)19(6)15-11-16(2,3)20-17(15,4)5/h7-10,12,15H,11,18H2,1-6H3. The van der Waals surface area contributed by atoms with Crippen molar-refractivity contribution < 1.29 is 4.74 Å². The summed E-state index contributed by atoms with van der Waals surface area (Å²) >= 11 is 0. The Morgan fingerprint density at radius 3 is 2.45 bits per heavy atom. The molecule has 1 saturated heterocycles. The van der Waals surface area contributed by atoms with Crippen LogP contribution in [0.15, 0.2) is 24.3 Å². The first kappa shape index (κ1) is 15.3. The van der Waals surface area contributed by atoms with E-state index < -0.39 is 0 Å². The van der Waals surface area contributed by atoms with Gasteiger partial charge in [-0.3, -0.25) is 4.90 Å². The van der Waals surface area contributed by atoms with Crippen molar-refractivity contribution in [2.75, 3.05) is 12.8 Å². The molecule has 0 aliphatic carbocycles. The van der Waals surface area contributed by atoms with Crippen molar-refractivity contribution in [1.29, 1.82) is 0 Å². The number of rotatable bonds is 3. The number of hydrogen-bond acceptors (Lipinski definition) is 3. The van der Waals surface area contributed by atoms with E-state index in [4.69, 9.17) is 10.5 Å². The number of nitrogens with zero attached hydrogens (tertiary/aromatic N) is 1. The number of anilines is 1. The number of benzene rings is 1. The number of hydrogen-bond donors (Lipinski definition) is 1. The third-order valence-electron chi connectivity index (χ3n) is 4.52. The summed E-state index contributed by atoms with van der Waals surface area (Å²) in [6.45, 7) is 11.0. The first-order chi connectivity index (χ1) is 9.12. The van der Waals surface area contributed by atoms with Crippen molar-refractivity contribution in [2.45, 2.75) is 64.3 Å². The van der Waals surface area contributed by atoms with Crippen LogP contribution >= 0.6 is 0 Å². The van der Waals surface area contributed by atoms with Crippen molar-refractivity contribution >= 4 is 5.69 Å². The molecule has 3 nitrogen and oxygen atoms in total. The zero-order valence-electron chi connectivity index (χ0n) is 13.6. The Labute approximate surface area is 123 Å². The number of nitrogen functional groups attached to an aromatic ring is 1. The number of likely N-dealkylation sites (N-methyl/N-ethyl adjacent to an activating group) is 1. The molecule has 0 saturated carbocycles. The molecule has 1 aromatic carbocycles. The van der Waals surface area contributed by atoms with E-state index in [2.05, 4.69) is 58.7 Å². The van der Waals surface area contributed by atoms with Gasteiger partial charge in [-0.25, -0.2) is 0 Å². The van der Waals surface area contributed by atoms with Gasteiger partial charge >= 0.3 is 0 Å². The molecular weight excluding hydrogens is 248 g/mol. The van der Waals surface area contributed by atoms with Crippen LogP contribution in [-0.2, 0) is 4.74 Å². The van der Waals surface area contributed by atoms with Gasteiger partial charge in [-0.1, -0.05) is 12.1 Å². The largest absolute Gasteiger partial charge is 0.399 e. The molecule has 0 amide bonds. The fourth-order valence-electron chi connectivity index (χ4n) is 3.49. The average Bonchev–Trinajstić information content (AvgIpc) is 2.55. The predicted octanol–water partition coefficient (Wildman–Crippen LogP) is 3.61.